The molecule has 1 aromatic rings. The molecule has 0 spiro atoms. The van der Waals surface area contributed by atoms with E-state index in [2.05, 4.69) is 0 Å². The Hall–Kier alpha value is -2.08. The second-order valence-corrected chi connectivity index (χ2v) is 3.67. The summed E-state index contributed by atoms with van der Waals surface area (Å²) in [5, 5.41) is 8.76. The lowest BCUT2D eigenvalue weighted by atomic mass is 10.0. The zero-order valence-corrected chi connectivity index (χ0v) is 10.2. The summed E-state index contributed by atoms with van der Waals surface area (Å²) in [5.74, 6) is -0.287. The number of carboxylic acid groups (broad SMARTS) is 1. The van der Waals surface area contributed by atoms with Gasteiger partial charge in [0.1, 0.15) is 12.3 Å². The number of nitrogens with two attached hydrogens (primary N) is 1. The molecule has 0 aromatic heterocycles. The molecule has 0 heterocycles. The van der Waals surface area contributed by atoms with E-state index >= 15 is 0 Å². The van der Waals surface area contributed by atoms with Crippen LogP contribution in [0.2, 0.25) is 0 Å². The van der Waals surface area contributed by atoms with Crippen LogP contribution in [0.25, 0.3) is 0 Å². The zero-order chi connectivity index (χ0) is 13.7. The van der Waals surface area contributed by atoms with Crippen LogP contribution in [0, 0.1) is 0 Å². The van der Waals surface area contributed by atoms with E-state index < -0.39 is 12.0 Å². The molecule has 0 fully saturated rings. The third kappa shape index (κ3) is 2.98. The van der Waals surface area contributed by atoms with Crippen molar-refractivity contribution in [2.45, 2.75) is 12.5 Å². The van der Waals surface area contributed by atoms with Crippen molar-refractivity contribution in [3.05, 3.63) is 23.3 Å². The summed E-state index contributed by atoms with van der Waals surface area (Å²) < 4.78 is 10.1. The summed E-state index contributed by atoms with van der Waals surface area (Å²) in [6.45, 7) is 0. The molecule has 0 saturated carbocycles. The lowest BCUT2D eigenvalue weighted by molar-refractivity contribution is -0.138. The van der Waals surface area contributed by atoms with Gasteiger partial charge in [0.15, 0.2) is 11.5 Å². The summed E-state index contributed by atoms with van der Waals surface area (Å²) in [6.07, 6.45) is 0.676. The topological polar surface area (TPSA) is 98.9 Å². The Bertz CT molecular complexity index is 458. The molecule has 0 aliphatic heterocycles. The number of carbonyl (C=O) groups is 2. The van der Waals surface area contributed by atoms with E-state index in [9.17, 15) is 9.59 Å². The number of carbonyl (C=O) groups excluding carboxylic acids is 1. The van der Waals surface area contributed by atoms with Crippen molar-refractivity contribution in [3.63, 3.8) is 0 Å². The van der Waals surface area contributed by atoms with Gasteiger partial charge in [0, 0.05) is 5.56 Å². The maximum absolute atomic E-state index is 11.0. The quantitative estimate of drug-likeness (QED) is 0.715. The fraction of sp³-hybridized carbons (Fsp3) is 0.333. The molecule has 3 N–H and O–H groups in total. The molecule has 98 valence electrons. The zero-order valence-electron chi connectivity index (χ0n) is 10.2. The smallest absolute Gasteiger partial charge is 0.320 e. The van der Waals surface area contributed by atoms with Crippen LogP contribution < -0.4 is 15.2 Å². The van der Waals surface area contributed by atoms with E-state index in [0.29, 0.717) is 28.9 Å². The largest absolute Gasteiger partial charge is 0.493 e. The molecule has 18 heavy (non-hydrogen) atoms. The monoisotopic (exact) mass is 253 g/mol. The number of hydrogen-bond acceptors (Lipinski definition) is 5. The third-order valence-corrected chi connectivity index (χ3v) is 2.53. The third-order valence-electron chi connectivity index (χ3n) is 2.53. The Morgan fingerprint density at radius 1 is 1.39 bits per heavy atom. The molecule has 1 atom stereocenters. The van der Waals surface area contributed by atoms with Crippen molar-refractivity contribution in [1.29, 1.82) is 0 Å². The number of ether oxygens (including phenoxy) is 2. The molecule has 1 aromatic carbocycles. The van der Waals surface area contributed by atoms with Crippen molar-refractivity contribution >= 4 is 12.3 Å². The van der Waals surface area contributed by atoms with Gasteiger partial charge in [-0.15, -0.1) is 0 Å². The first-order valence-electron chi connectivity index (χ1n) is 5.22. The van der Waals surface area contributed by atoms with Crippen LogP contribution >= 0.6 is 0 Å². The lowest BCUT2D eigenvalue weighted by Crippen LogP contribution is -2.32. The molecule has 1 rings (SSSR count). The van der Waals surface area contributed by atoms with Crippen molar-refractivity contribution < 1.29 is 24.2 Å². The highest BCUT2D eigenvalue weighted by Gasteiger charge is 2.17. The first-order valence-corrected chi connectivity index (χ1v) is 5.22. The van der Waals surface area contributed by atoms with Crippen LogP contribution in [0.4, 0.5) is 0 Å². The standard InChI is InChI=1S/C12H15NO5/c1-17-10-4-7(3-9(13)12(15)16)8(6-14)5-11(10)18-2/h4-6,9H,3,13H2,1-2H3,(H,15,16). The molecule has 0 saturated heterocycles. The van der Waals surface area contributed by atoms with Crippen molar-refractivity contribution in [2.75, 3.05) is 14.2 Å². The summed E-state index contributed by atoms with van der Waals surface area (Å²) in [6, 6.07) is 1.99. The molecule has 6 nitrogen and oxygen atoms in total. The lowest BCUT2D eigenvalue weighted by Gasteiger charge is -2.13. The van der Waals surface area contributed by atoms with Gasteiger partial charge in [-0.25, -0.2) is 0 Å². The molecule has 1 unspecified atom stereocenters. The van der Waals surface area contributed by atoms with Crippen LogP contribution in [-0.4, -0.2) is 37.6 Å². The maximum Gasteiger partial charge on any atom is 0.320 e. The van der Waals surface area contributed by atoms with E-state index in [1.54, 1.807) is 6.07 Å². The first-order chi connectivity index (χ1) is 8.53. The van der Waals surface area contributed by atoms with Gasteiger partial charge in [-0.05, 0) is 24.1 Å². The maximum atomic E-state index is 11.0. The molecule has 0 amide bonds. The second kappa shape index (κ2) is 6.02. The Labute approximate surface area is 104 Å². The van der Waals surface area contributed by atoms with Gasteiger partial charge < -0.3 is 20.3 Å². The van der Waals surface area contributed by atoms with Crippen molar-refractivity contribution in [2.24, 2.45) is 5.73 Å². The van der Waals surface area contributed by atoms with Crippen LogP contribution in [0.15, 0.2) is 12.1 Å². The molecule has 6 heteroatoms. The highest BCUT2D eigenvalue weighted by atomic mass is 16.5. The Kier molecular flexibility index (Phi) is 4.67. The predicted molar refractivity (Wildman–Crippen MR) is 64.2 cm³/mol. The number of aliphatic carboxylic acids is 1. The fourth-order valence-corrected chi connectivity index (χ4v) is 1.55. The van der Waals surface area contributed by atoms with Gasteiger partial charge >= 0.3 is 5.97 Å². The summed E-state index contributed by atoms with van der Waals surface area (Å²) >= 11 is 0. The minimum Gasteiger partial charge on any atom is -0.493 e. The Morgan fingerprint density at radius 2 is 1.94 bits per heavy atom. The Balaban J connectivity index is 3.17. The highest BCUT2D eigenvalue weighted by Crippen LogP contribution is 2.30. The number of aldehydes is 1. The van der Waals surface area contributed by atoms with E-state index in [1.807, 2.05) is 0 Å². The normalized spacial score (nSPS) is 11.7. The molecule has 0 radical (unpaired) electrons. The van der Waals surface area contributed by atoms with Gasteiger partial charge in [0.25, 0.3) is 0 Å². The van der Waals surface area contributed by atoms with Crippen LogP contribution in [-0.2, 0) is 11.2 Å². The second-order valence-electron chi connectivity index (χ2n) is 3.67. The van der Waals surface area contributed by atoms with Gasteiger partial charge in [-0.1, -0.05) is 0 Å². The van der Waals surface area contributed by atoms with Crippen molar-refractivity contribution in [3.8, 4) is 11.5 Å². The van der Waals surface area contributed by atoms with Crippen molar-refractivity contribution in [1.82, 2.24) is 0 Å². The van der Waals surface area contributed by atoms with Gasteiger partial charge in [0.05, 0.1) is 14.2 Å². The van der Waals surface area contributed by atoms with Crippen LogP contribution in [0.5, 0.6) is 11.5 Å². The molecule has 0 aliphatic carbocycles. The minimum atomic E-state index is -1.12. The van der Waals surface area contributed by atoms with E-state index in [0.717, 1.165) is 0 Å². The summed E-state index contributed by atoms with van der Waals surface area (Å²) in [5.41, 5.74) is 6.30. The van der Waals surface area contributed by atoms with E-state index in [-0.39, 0.29) is 6.42 Å². The first kappa shape index (κ1) is 14.0. The Morgan fingerprint density at radius 3 is 2.39 bits per heavy atom. The van der Waals surface area contributed by atoms with Gasteiger partial charge in [-0.3, -0.25) is 9.59 Å². The van der Waals surface area contributed by atoms with Gasteiger partial charge in [-0.2, -0.15) is 0 Å². The van der Waals surface area contributed by atoms with Crippen LogP contribution in [0.1, 0.15) is 15.9 Å². The summed E-state index contributed by atoms with van der Waals surface area (Å²) in [4.78, 5) is 21.7. The van der Waals surface area contributed by atoms with Gasteiger partial charge in [0.2, 0.25) is 0 Å². The number of carboxylic acids is 1. The fourth-order valence-electron chi connectivity index (χ4n) is 1.55. The molecular formula is C12H15NO5. The minimum absolute atomic E-state index is 0.0454. The van der Waals surface area contributed by atoms with E-state index in [4.69, 9.17) is 20.3 Å². The number of rotatable bonds is 6. The van der Waals surface area contributed by atoms with Crippen LogP contribution in [0.3, 0.4) is 0 Å². The SMILES string of the molecule is COc1cc(C=O)c(CC(N)C(=O)O)cc1OC. The number of benzene rings is 1. The summed E-state index contributed by atoms with van der Waals surface area (Å²) in [7, 11) is 2.91. The molecule has 0 bridgehead atoms. The number of hydrogen-bond donors (Lipinski definition) is 2. The number of methoxy groups -OCH3 is 2. The highest BCUT2D eigenvalue weighted by molar-refractivity contribution is 5.80. The average molecular weight is 253 g/mol. The van der Waals surface area contributed by atoms with E-state index in [1.165, 1.54) is 20.3 Å². The molecular weight excluding hydrogens is 238 g/mol. The average Bonchev–Trinajstić information content (AvgIpc) is 2.37. The molecule has 0 aliphatic rings. The predicted octanol–water partition coefficient (Wildman–Crippen LogP) is 0.471.